The van der Waals surface area contributed by atoms with E-state index in [1.165, 1.54) is 4.90 Å². The van der Waals surface area contributed by atoms with E-state index < -0.39 is 5.97 Å². The van der Waals surface area contributed by atoms with Crippen molar-refractivity contribution in [3.63, 3.8) is 0 Å². The standard InChI is InChI=1S/C16H23NO3/c1-5-10-17(11-14(18)19)15(20)12-8-6-7-9-13(12)16(2,3)4/h6-9H,5,10-11H2,1-4H3,(H,18,19). The van der Waals surface area contributed by atoms with Gasteiger partial charge in [0, 0.05) is 12.1 Å². The number of aliphatic carboxylic acids is 1. The molecule has 0 aliphatic carbocycles. The number of carboxylic acids is 1. The highest BCUT2D eigenvalue weighted by atomic mass is 16.4. The molecule has 1 aromatic carbocycles. The summed E-state index contributed by atoms with van der Waals surface area (Å²) in [6.45, 7) is 8.24. The Bertz CT molecular complexity index is 489. The van der Waals surface area contributed by atoms with Gasteiger partial charge in [-0.2, -0.15) is 0 Å². The molecule has 0 radical (unpaired) electrons. The topological polar surface area (TPSA) is 57.6 Å². The molecule has 0 atom stereocenters. The number of carbonyl (C=O) groups excluding carboxylic acids is 1. The maximum atomic E-state index is 12.6. The third kappa shape index (κ3) is 4.08. The summed E-state index contributed by atoms with van der Waals surface area (Å²) >= 11 is 0. The van der Waals surface area contributed by atoms with Crippen LogP contribution in [0.15, 0.2) is 24.3 Å². The van der Waals surface area contributed by atoms with Crippen molar-refractivity contribution >= 4 is 11.9 Å². The van der Waals surface area contributed by atoms with E-state index in [0.29, 0.717) is 12.1 Å². The van der Waals surface area contributed by atoms with Gasteiger partial charge in [0.25, 0.3) is 5.91 Å². The Hall–Kier alpha value is -1.84. The Morgan fingerprint density at radius 2 is 1.80 bits per heavy atom. The van der Waals surface area contributed by atoms with Crippen LogP contribution in [0.5, 0.6) is 0 Å². The lowest BCUT2D eigenvalue weighted by molar-refractivity contribution is -0.137. The fourth-order valence-electron chi connectivity index (χ4n) is 2.18. The molecule has 0 unspecified atom stereocenters. The Morgan fingerprint density at radius 3 is 2.30 bits per heavy atom. The van der Waals surface area contributed by atoms with Crippen molar-refractivity contribution in [3.05, 3.63) is 35.4 Å². The third-order valence-corrected chi connectivity index (χ3v) is 3.07. The van der Waals surface area contributed by atoms with Gasteiger partial charge in [-0.1, -0.05) is 45.9 Å². The SMILES string of the molecule is CCCN(CC(=O)O)C(=O)c1ccccc1C(C)(C)C. The Morgan fingerprint density at radius 1 is 1.20 bits per heavy atom. The quantitative estimate of drug-likeness (QED) is 0.900. The molecule has 0 heterocycles. The van der Waals surface area contributed by atoms with E-state index >= 15 is 0 Å². The largest absolute Gasteiger partial charge is 0.480 e. The summed E-state index contributed by atoms with van der Waals surface area (Å²) in [5.41, 5.74) is 1.37. The summed E-state index contributed by atoms with van der Waals surface area (Å²) in [5, 5.41) is 8.94. The van der Waals surface area contributed by atoms with Crippen LogP contribution in [0.25, 0.3) is 0 Å². The van der Waals surface area contributed by atoms with E-state index in [9.17, 15) is 9.59 Å². The summed E-state index contributed by atoms with van der Waals surface area (Å²) < 4.78 is 0. The molecule has 110 valence electrons. The first-order valence-electron chi connectivity index (χ1n) is 6.88. The highest BCUT2D eigenvalue weighted by molar-refractivity contribution is 5.97. The average Bonchev–Trinajstić information content (AvgIpc) is 2.36. The summed E-state index contributed by atoms with van der Waals surface area (Å²) in [6.07, 6.45) is 0.733. The molecule has 1 N–H and O–H groups in total. The molecule has 1 rings (SSSR count). The average molecular weight is 277 g/mol. The van der Waals surface area contributed by atoms with Crippen LogP contribution in [0.2, 0.25) is 0 Å². The first-order chi connectivity index (χ1) is 9.27. The normalized spacial score (nSPS) is 11.2. The van der Waals surface area contributed by atoms with E-state index in [4.69, 9.17) is 5.11 Å². The summed E-state index contributed by atoms with van der Waals surface area (Å²) in [7, 11) is 0. The lowest BCUT2D eigenvalue weighted by Crippen LogP contribution is -2.37. The number of rotatable bonds is 5. The molecule has 0 aliphatic rings. The lowest BCUT2D eigenvalue weighted by Gasteiger charge is -2.26. The smallest absolute Gasteiger partial charge is 0.323 e. The summed E-state index contributed by atoms with van der Waals surface area (Å²) in [6, 6.07) is 7.41. The first kappa shape index (κ1) is 16.2. The minimum Gasteiger partial charge on any atom is -0.480 e. The van der Waals surface area contributed by atoms with E-state index in [1.54, 1.807) is 6.07 Å². The zero-order valence-corrected chi connectivity index (χ0v) is 12.6. The predicted octanol–water partition coefficient (Wildman–Crippen LogP) is 2.92. The fraction of sp³-hybridized carbons (Fsp3) is 0.500. The monoisotopic (exact) mass is 277 g/mol. The second kappa shape index (κ2) is 6.55. The van der Waals surface area contributed by atoms with Crippen molar-refractivity contribution in [3.8, 4) is 0 Å². The van der Waals surface area contributed by atoms with Crippen molar-refractivity contribution in [1.29, 1.82) is 0 Å². The van der Waals surface area contributed by atoms with Gasteiger partial charge in [-0.15, -0.1) is 0 Å². The minimum atomic E-state index is -0.986. The molecule has 0 spiro atoms. The highest BCUT2D eigenvalue weighted by Crippen LogP contribution is 2.26. The predicted molar refractivity (Wildman–Crippen MR) is 79.0 cm³/mol. The zero-order valence-electron chi connectivity index (χ0n) is 12.6. The van der Waals surface area contributed by atoms with E-state index in [2.05, 4.69) is 0 Å². The molecular formula is C16H23NO3. The number of amides is 1. The Balaban J connectivity index is 3.15. The van der Waals surface area contributed by atoms with Crippen LogP contribution >= 0.6 is 0 Å². The summed E-state index contributed by atoms with van der Waals surface area (Å²) in [5.74, 6) is -1.19. The van der Waals surface area contributed by atoms with E-state index in [0.717, 1.165) is 12.0 Å². The number of benzene rings is 1. The van der Waals surface area contributed by atoms with Crippen molar-refractivity contribution < 1.29 is 14.7 Å². The van der Waals surface area contributed by atoms with Crippen molar-refractivity contribution in [2.45, 2.75) is 39.5 Å². The number of carbonyl (C=O) groups is 2. The van der Waals surface area contributed by atoms with Gasteiger partial charge in [-0.05, 0) is 23.5 Å². The molecule has 0 saturated heterocycles. The van der Waals surface area contributed by atoms with E-state index in [1.807, 2.05) is 45.9 Å². The first-order valence-corrected chi connectivity index (χ1v) is 6.88. The molecule has 0 fully saturated rings. The van der Waals surface area contributed by atoms with Gasteiger partial charge in [0.05, 0.1) is 0 Å². The summed E-state index contributed by atoms with van der Waals surface area (Å²) in [4.78, 5) is 24.9. The zero-order chi connectivity index (χ0) is 15.3. The molecule has 4 nitrogen and oxygen atoms in total. The van der Waals surface area contributed by atoms with Gasteiger partial charge in [-0.3, -0.25) is 9.59 Å². The van der Waals surface area contributed by atoms with Crippen molar-refractivity contribution in [1.82, 2.24) is 4.90 Å². The van der Waals surface area contributed by atoms with Crippen LogP contribution in [0, 0.1) is 0 Å². The number of hydrogen-bond acceptors (Lipinski definition) is 2. The second-order valence-corrected chi connectivity index (χ2v) is 5.92. The van der Waals surface area contributed by atoms with Gasteiger partial charge in [-0.25, -0.2) is 0 Å². The third-order valence-electron chi connectivity index (χ3n) is 3.07. The molecule has 1 aromatic rings. The van der Waals surface area contributed by atoms with Crippen LogP contribution in [-0.4, -0.2) is 35.0 Å². The Labute approximate surface area is 120 Å². The van der Waals surface area contributed by atoms with Crippen LogP contribution in [0.3, 0.4) is 0 Å². The molecule has 0 bridgehead atoms. The van der Waals surface area contributed by atoms with Crippen LogP contribution in [0.1, 0.15) is 50.0 Å². The molecule has 0 aromatic heterocycles. The number of carboxylic acid groups (broad SMARTS) is 1. The van der Waals surface area contributed by atoms with Gasteiger partial charge >= 0.3 is 5.97 Å². The number of hydrogen-bond donors (Lipinski definition) is 1. The van der Waals surface area contributed by atoms with Crippen LogP contribution < -0.4 is 0 Å². The molecular weight excluding hydrogens is 254 g/mol. The van der Waals surface area contributed by atoms with Gasteiger partial charge < -0.3 is 10.0 Å². The highest BCUT2D eigenvalue weighted by Gasteiger charge is 2.25. The van der Waals surface area contributed by atoms with E-state index in [-0.39, 0.29) is 17.9 Å². The van der Waals surface area contributed by atoms with Crippen LogP contribution in [-0.2, 0) is 10.2 Å². The maximum Gasteiger partial charge on any atom is 0.323 e. The minimum absolute atomic E-state index is 0.159. The molecule has 1 amide bonds. The van der Waals surface area contributed by atoms with Gasteiger partial charge in [0.1, 0.15) is 6.54 Å². The second-order valence-electron chi connectivity index (χ2n) is 5.92. The maximum absolute atomic E-state index is 12.6. The van der Waals surface area contributed by atoms with Gasteiger partial charge in [0.2, 0.25) is 0 Å². The van der Waals surface area contributed by atoms with Gasteiger partial charge in [0.15, 0.2) is 0 Å². The fourth-order valence-corrected chi connectivity index (χ4v) is 2.18. The number of nitrogens with zero attached hydrogens (tertiary/aromatic N) is 1. The molecule has 20 heavy (non-hydrogen) atoms. The van der Waals surface area contributed by atoms with Crippen molar-refractivity contribution in [2.75, 3.05) is 13.1 Å². The Kier molecular flexibility index (Phi) is 5.31. The van der Waals surface area contributed by atoms with Crippen molar-refractivity contribution in [2.24, 2.45) is 0 Å². The molecule has 0 saturated carbocycles. The lowest BCUT2D eigenvalue weighted by atomic mass is 9.83. The van der Waals surface area contributed by atoms with Crippen LogP contribution in [0.4, 0.5) is 0 Å². The molecule has 4 heteroatoms. The molecule has 0 aliphatic heterocycles.